The lowest BCUT2D eigenvalue weighted by molar-refractivity contribution is 0.570. The number of allylic oxidation sites excluding steroid dienone is 3. The first-order valence-corrected chi connectivity index (χ1v) is 3.93. The van der Waals surface area contributed by atoms with Crippen LogP contribution in [-0.2, 0) is 0 Å². The highest BCUT2D eigenvalue weighted by Crippen LogP contribution is 2.25. The van der Waals surface area contributed by atoms with E-state index in [9.17, 15) is 4.39 Å². The Bertz CT molecular complexity index is 204. The molecule has 0 heterocycles. The molecule has 0 saturated carbocycles. The molecule has 0 aromatic carbocycles. The van der Waals surface area contributed by atoms with Gasteiger partial charge in [0.05, 0.1) is 0 Å². The van der Waals surface area contributed by atoms with Crippen molar-refractivity contribution in [3.63, 3.8) is 0 Å². The highest BCUT2D eigenvalue weighted by atomic mass is 19.1. The van der Waals surface area contributed by atoms with E-state index < -0.39 is 0 Å². The van der Waals surface area contributed by atoms with Gasteiger partial charge < -0.3 is 5.73 Å². The van der Waals surface area contributed by atoms with Crippen molar-refractivity contribution in [1.82, 2.24) is 0 Å². The van der Waals surface area contributed by atoms with Gasteiger partial charge in [-0.1, -0.05) is 13.0 Å². The van der Waals surface area contributed by atoms with E-state index in [4.69, 9.17) is 5.73 Å². The molecule has 1 aliphatic rings. The molecule has 62 valence electrons. The molecule has 2 N–H and O–H groups in total. The zero-order chi connectivity index (χ0) is 8.43. The summed E-state index contributed by atoms with van der Waals surface area (Å²) in [4.78, 5) is 0. The zero-order valence-electron chi connectivity index (χ0n) is 6.97. The largest absolute Gasteiger partial charge is 0.324 e. The fourth-order valence-corrected chi connectivity index (χ4v) is 1.27. The minimum Gasteiger partial charge on any atom is -0.324 e. The lowest BCUT2D eigenvalue weighted by Gasteiger charge is -2.18. The van der Waals surface area contributed by atoms with Crippen LogP contribution in [-0.4, -0.2) is 6.04 Å². The van der Waals surface area contributed by atoms with Gasteiger partial charge in [0.2, 0.25) is 0 Å². The van der Waals surface area contributed by atoms with Crippen LogP contribution in [0.3, 0.4) is 0 Å². The third-order valence-corrected chi connectivity index (χ3v) is 1.97. The average molecular weight is 155 g/mol. The first kappa shape index (κ1) is 8.47. The van der Waals surface area contributed by atoms with E-state index >= 15 is 0 Å². The second-order valence-electron chi connectivity index (χ2n) is 3.20. The maximum absolute atomic E-state index is 13.0. The molecular weight excluding hydrogens is 141 g/mol. The first-order chi connectivity index (χ1) is 5.11. The van der Waals surface area contributed by atoms with E-state index in [2.05, 4.69) is 6.92 Å². The number of hydrogen-bond donors (Lipinski definition) is 1. The van der Waals surface area contributed by atoms with Gasteiger partial charge in [0.1, 0.15) is 5.83 Å². The van der Waals surface area contributed by atoms with Crippen LogP contribution in [0.2, 0.25) is 0 Å². The van der Waals surface area contributed by atoms with Gasteiger partial charge in [-0.2, -0.15) is 0 Å². The van der Waals surface area contributed by atoms with Crippen LogP contribution in [0.1, 0.15) is 20.3 Å². The fraction of sp³-hybridized carbons (Fsp3) is 0.556. The number of hydrogen-bond acceptors (Lipinski definition) is 1. The molecule has 0 radical (unpaired) electrons. The van der Waals surface area contributed by atoms with Gasteiger partial charge in [0, 0.05) is 6.04 Å². The standard InChI is InChI=1S/C9H14FN/c1-6-3-4-9(10)8(5-6)7(2)11/h3-4,6-7H,5,11H2,1-2H3/t6-,7?/m0/s1. The zero-order valence-corrected chi connectivity index (χ0v) is 6.97. The van der Waals surface area contributed by atoms with Crippen molar-refractivity contribution >= 4 is 0 Å². The second kappa shape index (κ2) is 3.18. The molecule has 1 rings (SSSR count). The van der Waals surface area contributed by atoms with Gasteiger partial charge in [0.25, 0.3) is 0 Å². The summed E-state index contributed by atoms with van der Waals surface area (Å²) in [5, 5.41) is 0. The Morgan fingerprint density at radius 1 is 1.73 bits per heavy atom. The summed E-state index contributed by atoms with van der Waals surface area (Å²) in [5.41, 5.74) is 6.34. The van der Waals surface area contributed by atoms with Crippen LogP contribution in [0.4, 0.5) is 4.39 Å². The van der Waals surface area contributed by atoms with Crippen molar-refractivity contribution in [2.24, 2.45) is 11.7 Å². The van der Waals surface area contributed by atoms with Crippen molar-refractivity contribution in [2.45, 2.75) is 26.3 Å². The van der Waals surface area contributed by atoms with Crippen molar-refractivity contribution in [2.75, 3.05) is 0 Å². The third kappa shape index (κ3) is 1.90. The summed E-state index contributed by atoms with van der Waals surface area (Å²) in [7, 11) is 0. The van der Waals surface area contributed by atoms with E-state index in [1.54, 1.807) is 0 Å². The Morgan fingerprint density at radius 2 is 2.36 bits per heavy atom. The normalized spacial score (nSPS) is 27.5. The van der Waals surface area contributed by atoms with Crippen LogP contribution in [0.25, 0.3) is 0 Å². The molecule has 0 aromatic heterocycles. The van der Waals surface area contributed by atoms with E-state index in [-0.39, 0.29) is 11.9 Å². The molecule has 0 bridgehead atoms. The molecule has 2 heteroatoms. The number of halogens is 1. The summed E-state index contributed by atoms with van der Waals surface area (Å²) in [5.74, 6) is 0.286. The third-order valence-electron chi connectivity index (χ3n) is 1.97. The quantitative estimate of drug-likeness (QED) is 0.617. The minimum absolute atomic E-state index is 0.141. The average Bonchev–Trinajstić information content (AvgIpc) is 1.94. The van der Waals surface area contributed by atoms with Crippen LogP contribution in [0.15, 0.2) is 23.6 Å². The van der Waals surface area contributed by atoms with Crippen molar-refractivity contribution in [1.29, 1.82) is 0 Å². The van der Waals surface area contributed by atoms with Gasteiger partial charge in [-0.05, 0) is 30.9 Å². The van der Waals surface area contributed by atoms with Crippen molar-refractivity contribution < 1.29 is 4.39 Å². The van der Waals surface area contributed by atoms with Crippen LogP contribution in [0.5, 0.6) is 0 Å². The molecule has 0 fully saturated rings. The predicted molar refractivity (Wildman–Crippen MR) is 44.7 cm³/mol. The maximum Gasteiger partial charge on any atom is 0.123 e. The van der Waals surface area contributed by atoms with Crippen LogP contribution in [0, 0.1) is 5.92 Å². The summed E-state index contributed by atoms with van der Waals surface area (Å²) < 4.78 is 13.0. The van der Waals surface area contributed by atoms with Crippen LogP contribution >= 0.6 is 0 Å². The molecule has 1 unspecified atom stereocenters. The van der Waals surface area contributed by atoms with Crippen LogP contribution < -0.4 is 5.73 Å². The van der Waals surface area contributed by atoms with Gasteiger partial charge >= 0.3 is 0 Å². The molecule has 0 spiro atoms. The highest BCUT2D eigenvalue weighted by molar-refractivity contribution is 5.28. The lowest BCUT2D eigenvalue weighted by atomic mass is 9.92. The molecular formula is C9H14FN. The topological polar surface area (TPSA) is 26.0 Å². The Kier molecular flexibility index (Phi) is 2.45. The number of nitrogens with two attached hydrogens (primary N) is 1. The molecule has 11 heavy (non-hydrogen) atoms. The van der Waals surface area contributed by atoms with E-state index in [0.29, 0.717) is 5.92 Å². The van der Waals surface area contributed by atoms with Gasteiger partial charge in [-0.25, -0.2) is 4.39 Å². The summed E-state index contributed by atoms with van der Waals surface area (Å²) in [6, 6.07) is -0.151. The lowest BCUT2D eigenvalue weighted by Crippen LogP contribution is -2.21. The number of rotatable bonds is 1. The molecule has 0 saturated heterocycles. The van der Waals surface area contributed by atoms with Crippen molar-refractivity contribution in [3.05, 3.63) is 23.6 Å². The van der Waals surface area contributed by atoms with Crippen molar-refractivity contribution in [3.8, 4) is 0 Å². The Morgan fingerprint density at radius 3 is 2.82 bits per heavy atom. The molecule has 0 aliphatic heterocycles. The Balaban J connectivity index is 2.81. The van der Waals surface area contributed by atoms with E-state index in [1.165, 1.54) is 6.08 Å². The molecule has 0 aromatic rings. The molecule has 0 amide bonds. The molecule has 1 nitrogen and oxygen atoms in total. The monoisotopic (exact) mass is 155 g/mol. The smallest absolute Gasteiger partial charge is 0.123 e. The van der Waals surface area contributed by atoms with Gasteiger partial charge in [0.15, 0.2) is 0 Å². The summed E-state index contributed by atoms with van der Waals surface area (Å²) >= 11 is 0. The summed E-state index contributed by atoms with van der Waals surface area (Å²) in [6.07, 6.45) is 4.16. The Hall–Kier alpha value is -0.630. The molecule has 1 aliphatic carbocycles. The van der Waals surface area contributed by atoms with E-state index in [0.717, 1.165) is 12.0 Å². The maximum atomic E-state index is 13.0. The highest BCUT2D eigenvalue weighted by Gasteiger charge is 2.15. The van der Waals surface area contributed by atoms with Gasteiger partial charge in [-0.15, -0.1) is 0 Å². The first-order valence-electron chi connectivity index (χ1n) is 3.93. The Labute approximate surface area is 66.8 Å². The summed E-state index contributed by atoms with van der Waals surface area (Å²) in [6.45, 7) is 3.88. The predicted octanol–water partition coefficient (Wildman–Crippen LogP) is 2.15. The van der Waals surface area contributed by atoms with E-state index in [1.807, 2.05) is 13.0 Å². The fourth-order valence-electron chi connectivity index (χ4n) is 1.27. The SMILES string of the molecule is CC(N)C1=C(F)C=C[C@H](C)C1. The second-order valence-corrected chi connectivity index (χ2v) is 3.20. The minimum atomic E-state index is -0.151. The van der Waals surface area contributed by atoms with Gasteiger partial charge in [-0.3, -0.25) is 0 Å². The molecule has 2 atom stereocenters.